The van der Waals surface area contributed by atoms with Gasteiger partial charge in [0, 0.05) is 46.2 Å². The molecule has 3 aromatic heterocycles. The first-order valence-corrected chi connectivity index (χ1v) is 12.2. The molecule has 0 saturated carbocycles. The highest BCUT2D eigenvalue weighted by Gasteiger charge is 2.18. The fourth-order valence-corrected chi connectivity index (χ4v) is 5.47. The zero-order valence-corrected chi connectivity index (χ0v) is 19.9. The van der Waals surface area contributed by atoms with Gasteiger partial charge in [-0.15, -0.1) is 0 Å². The van der Waals surface area contributed by atoms with Crippen LogP contribution in [0.3, 0.4) is 0 Å². The number of benzene rings is 2. The number of hydrogen-bond donors (Lipinski definition) is 1. The summed E-state index contributed by atoms with van der Waals surface area (Å²) in [7, 11) is 0. The van der Waals surface area contributed by atoms with E-state index in [0.717, 1.165) is 45.4 Å². The summed E-state index contributed by atoms with van der Waals surface area (Å²) in [6, 6.07) is 17.3. The summed E-state index contributed by atoms with van der Waals surface area (Å²) < 4.78 is 4.60. The molecule has 0 spiro atoms. The van der Waals surface area contributed by atoms with E-state index in [9.17, 15) is 0 Å². The number of aromatic nitrogens is 5. The third-order valence-electron chi connectivity index (χ3n) is 6.19. The summed E-state index contributed by atoms with van der Waals surface area (Å²) in [5, 5.41) is 8.73. The van der Waals surface area contributed by atoms with Gasteiger partial charge in [0.1, 0.15) is 0 Å². The summed E-state index contributed by atoms with van der Waals surface area (Å²) in [4.78, 5) is 9.24. The molecule has 6 nitrogen and oxygen atoms in total. The minimum Gasteiger partial charge on any atom is -0.325 e. The lowest BCUT2D eigenvalue weighted by molar-refractivity contribution is 0.408. The molecule has 0 radical (unpaired) electrons. The Kier molecular flexibility index (Phi) is 4.69. The summed E-state index contributed by atoms with van der Waals surface area (Å²) in [6.45, 7) is 7.68. The number of nitrogens with one attached hydrogen (secondary N) is 1. The fraction of sp³-hybridized carbons (Fsp3) is 0.269. The van der Waals surface area contributed by atoms with Gasteiger partial charge in [0.2, 0.25) is 0 Å². The Bertz CT molecular complexity index is 1470. The maximum absolute atomic E-state index is 4.66. The smallest absolute Gasteiger partial charge is 0.181 e. The third-order valence-corrected chi connectivity index (χ3v) is 7.36. The van der Waals surface area contributed by atoms with Crippen LogP contribution >= 0.6 is 11.9 Å². The van der Waals surface area contributed by atoms with Crippen LogP contribution in [0, 0.1) is 0 Å². The molecular formula is C26H26N6S. The van der Waals surface area contributed by atoms with Gasteiger partial charge in [-0.05, 0) is 75.0 Å². The summed E-state index contributed by atoms with van der Waals surface area (Å²) in [6.07, 6.45) is 5.07. The Labute approximate surface area is 197 Å². The molecule has 33 heavy (non-hydrogen) atoms. The zero-order chi connectivity index (χ0) is 22.6. The largest absolute Gasteiger partial charge is 0.325 e. The fourth-order valence-electron chi connectivity index (χ4n) is 4.47. The number of nitrogens with zero attached hydrogens (tertiary/aromatic N) is 5. The minimum atomic E-state index is -0.0448. The van der Waals surface area contributed by atoms with Crippen LogP contribution in [0.4, 0.5) is 5.69 Å². The van der Waals surface area contributed by atoms with Crippen molar-refractivity contribution in [3.05, 3.63) is 61.1 Å². The first-order chi connectivity index (χ1) is 16.0. The molecule has 0 unspecified atom stereocenters. The number of hydrogen-bond acceptors (Lipinski definition) is 5. The van der Waals surface area contributed by atoms with E-state index in [0.29, 0.717) is 0 Å². The SMILES string of the molecule is CC(C)(C)n1cnc2ccc(-c3[nH]nc4ncc(-c5cccc(N6CCCS6)c5)cc34)cc21. The van der Waals surface area contributed by atoms with E-state index in [1.807, 2.05) is 24.5 Å². The van der Waals surface area contributed by atoms with Crippen molar-refractivity contribution in [1.29, 1.82) is 0 Å². The maximum atomic E-state index is 4.66. The van der Waals surface area contributed by atoms with Gasteiger partial charge in [-0.1, -0.05) is 18.2 Å². The molecule has 6 rings (SSSR count). The van der Waals surface area contributed by atoms with Crippen molar-refractivity contribution in [2.75, 3.05) is 16.6 Å². The van der Waals surface area contributed by atoms with Gasteiger partial charge in [-0.3, -0.25) is 5.10 Å². The Balaban J connectivity index is 1.44. The predicted octanol–water partition coefficient (Wildman–Crippen LogP) is 6.25. The van der Waals surface area contributed by atoms with Crippen LogP contribution in [0.2, 0.25) is 0 Å². The van der Waals surface area contributed by atoms with Gasteiger partial charge < -0.3 is 8.87 Å². The second-order valence-corrected chi connectivity index (χ2v) is 10.6. The Morgan fingerprint density at radius 3 is 2.70 bits per heavy atom. The molecule has 0 amide bonds. The number of rotatable bonds is 3. The third kappa shape index (κ3) is 3.56. The van der Waals surface area contributed by atoms with Crippen LogP contribution in [0.15, 0.2) is 61.1 Å². The van der Waals surface area contributed by atoms with Crippen LogP contribution in [-0.2, 0) is 5.54 Å². The molecule has 0 aliphatic carbocycles. The maximum Gasteiger partial charge on any atom is 0.181 e. The van der Waals surface area contributed by atoms with Crippen molar-refractivity contribution >= 4 is 39.7 Å². The summed E-state index contributed by atoms with van der Waals surface area (Å²) >= 11 is 1.90. The first-order valence-electron chi connectivity index (χ1n) is 11.3. The summed E-state index contributed by atoms with van der Waals surface area (Å²) in [5.74, 6) is 1.19. The molecule has 166 valence electrons. The molecule has 1 aliphatic heterocycles. The highest BCUT2D eigenvalue weighted by atomic mass is 32.2. The number of imidazole rings is 1. The van der Waals surface area contributed by atoms with Crippen molar-refractivity contribution in [2.24, 2.45) is 0 Å². The minimum absolute atomic E-state index is 0.0448. The highest BCUT2D eigenvalue weighted by Crippen LogP contribution is 2.34. The van der Waals surface area contributed by atoms with Crippen molar-refractivity contribution in [2.45, 2.75) is 32.7 Å². The van der Waals surface area contributed by atoms with E-state index in [4.69, 9.17) is 0 Å². The molecule has 1 aliphatic rings. The van der Waals surface area contributed by atoms with Gasteiger partial charge in [-0.2, -0.15) is 5.10 Å². The topological polar surface area (TPSA) is 62.6 Å². The van der Waals surface area contributed by atoms with Crippen LogP contribution in [-0.4, -0.2) is 37.0 Å². The van der Waals surface area contributed by atoms with E-state index in [2.05, 4.69) is 98.3 Å². The summed E-state index contributed by atoms with van der Waals surface area (Å²) in [5.41, 5.74) is 8.37. The Hall–Kier alpha value is -3.32. The number of H-pyrrole nitrogens is 1. The average Bonchev–Trinajstić information content (AvgIpc) is 3.57. The molecule has 5 aromatic rings. The van der Waals surface area contributed by atoms with Gasteiger partial charge in [0.25, 0.3) is 0 Å². The van der Waals surface area contributed by atoms with Crippen molar-refractivity contribution in [1.82, 2.24) is 24.7 Å². The number of anilines is 1. The Morgan fingerprint density at radius 2 is 1.88 bits per heavy atom. The normalized spacial score (nSPS) is 14.6. The number of pyridine rings is 1. The molecule has 1 saturated heterocycles. The van der Waals surface area contributed by atoms with Crippen molar-refractivity contribution < 1.29 is 0 Å². The van der Waals surface area contributed by atoms with Crippen LogP contribution in [0.5, 0.6) is 0 Å². The van der Waals surface area contributed by atoms with Crippen LogP contribution < -0.4 is 4.31 Å². The molecule has 2 aromatic carbocycles. The van der Waals surface area contributed by atoms with Crippen LogP contribution in [0.1, 0.15) is 27.2 Å². The molecular weight excluding hydrogens is 428 g/mol. The van der Waals surface area contributed by atoms with Crippen molar-refractivity contribution in [3.8, 4) is 22.4 Å². The van der Waals surface area contributed by atoms with Crippen molar-refractivity contribution in [3.63, 3.8) is 0 Å². The van der Waals surface area contributed by atoms with E-state index in [1.54, 1.807) is 0 Å². The zero-order valence-electron chi connectivity index (χ0n) is 19.0. The standard InChI is InChI=1S/C26H26N6S/c1-26(2,3)31-16-28-22-9-8-18(14-23(22)31)24-21-13-19(15-27-25(21)30-29-24)17-6-4-7-20(12-17)32-10-5-11-33-32/h4,6-9,12-16H,5,10-11H2,1-3H3,(H,27,29,30). The first kappa shape index (κ1) is 20.3. The number of fused-ring (bicyclic) bond motifs is 2. The van der Waals surface area contributed by atoms with E-state index in [1.165, 1.54) is 23.4 Å². The lowest BCUT2D eigenvalue weighted by Gasteiger charge is -2.21. The Morgan fingerprint density at radius 1 is 0.970 bits per heavy atom. The quantitative estimate of drug-likeness (QED) is 0.326. The highest BCUT2D eigenvalue weighted by molar-refractivity contribution is 8.00. The molecule has 4 heterocycles. The monoisotopic (exact) mass is 454 g/mol. The van der Waals surface area contributed by atoms with Gasteiger partial charge in [0.15, 0.2) is 5.65 Å². The molecule has 0 bridgehead atoms. The average molecular weight is 455 g/mol. The molecule has 1 N–H and O–H groups in total. The van der Waals surface area contributed by atoms with Gasteiger partial charge in [-0.25, -0.2) is 9.97 Å². The predicted molar refractivity (Wildman–Crippen MR) is 137 cm³/mol. The van der Waals surface area contributed by atoms with Gasteiger partial charge >= 0.3 is 0 Å². The second-order valence-electron chi connectivity index (χ2n) is 9.52. The molecule has 0 atom stereocenters. The molecule has 7 heteroatoms. The second kappa shape index (κ2) is 7.63. The van der Waals surface area contributed by atoms with Crippen LogP contribution in [0.25, 0.3) is 44.5 Å². The lowest BCUT2D eigenvalue weighted by atomic mass is 10.0. The van der Waals surface area contributed by atoms with Gasteiger partial charge in [0.05, 0.1) is 23.1 Å². The van der Waals surface area contributed by atoms with E-state index < -0.39 is 0 Å². The van der Waals surface area contributed by atoms with E-state index in [-0.39, 0.29) is 5.54 Å². The lowest BCUT2D eigenvalue weighted by Crippen LogP contribution is -2.20. The molecule has 1 fully saturated rings. The van der Waals surface area contributed by atoms with E-state index >= 15 is 0 Å². The number of aromatic amines is 1.